The fourth-order valence-electron chi connectivity index (χ4n) is 2.69. The van der Waals surface area contributed by atoms with Crippen molar-refractivity contribution in [3.05, 3.63) is 87.9 Å². The van der Waals surface area contributed by atoms with Crippen LogP contribution in [0.1, 0.15) is 28.8 Å². The number of aryl methyl sites for hydroxylation is 1. The van der Waals surface area contributed by atoms with Crippen molar-refractivity contribution in [2.45, 2.75) is 19.8 Å². The summed E-state index contributed by atoms with van der Waals surface area (Å²) in [6.07, 6.45) is 0.649. The average molecular weight is 458 g/mol. The van der Waals surface area contributed by atoms with Crippen LogP contribution < -0.4 is 14.8 Å². The van der Waals surface area contributed by atoms with Gasteiger partial charge in [-0.05, 0) is 67.9 Å². The van der Waals surface area contributed by atoms with Crippen LogP contribution in [-0.2, 0) is 4.79 Å². The molecule has 3 aromatic rings. The first-order valence-corrected chi connectivity index (χ1v) is 10.4. The van der Waals surface area contributed by atoms with Gasteiger partial charge in [0.25, 0.3) is 5.91 Å². The molecule has 160 valence electrons. The molecule has 0 aliphatic heterocycles. The Kier molecular flexibility index (Phi) is 7.93. The number of halogens is 2. The van der Waals surface area contributed by atoms with Crippen molar-refractivity contribution in [3.63, 3.8) is 0 Å². The van der Waals surface area contributed by atoms with Crippen LogP contribution in [0.15, 0.2) is 66.7 Å². The molecule has 31 heavy (non-hydrogen) atoms. The van der Waals surface area contributed by atoms with E-state index < -0.39 is 0 Å². The summed E-state index contributed by atoms with van der Waals surface area (Å²) in [4.78, 5) is 24.3. The minimum absolute atomic E-state index is 0.181. The fourth-order valence-corrected chi connectivity index (χ4v) is 3.15. The molecule has 5 nitrogen and oxygen atoms in total. The first-order chi connectivity index (χ1) is 14.9. The molecule has 0 atom stereocenters. The van der Waals surface area contributed by atoms with Crippen LogP contribution in [-0.4, -0.2) is 18.5 Å². The Morgan fingerprint density at radius 2 is 1.65 bits per heavy atom. The van der Waals surface area contributed by atoms with E-state index in [9.17, 15) is 9.59 Å². The van der Waals surface area contributed by atoms with E-state index in [0.29, 0.717) is 45.8 Å². The molecule has 1 amide bonds. The molecule has 0 fully saturated rings. The zero-order chi connectivity index (χ0) is 22.2. The van der Waals surface area contributed by atoms with E-state index >= 15 is 0 Å². The summed E-state index contributed by atoms with van der Waals surface area (Å²) in [6, 6.07) is 18.9. The van der Waals surface area contributed by atoms with Gasteiger partial charge in [-0.3, -0.25) is 9.59 Å². The molecule has 0 heterocycles. The average Bonchev–Trinajstić information content (AvgIpc) is 2.74. The predicted molar refractivity (Wildman–Crippen MR) is 122 cm³/mol. The number of rotatable bonds is 8. The van der Waals surface area contributed by atoms with Gasteiger partial charge in [0.05, 0.1) is 11.6 Å². The van der Waals surface area contributed by atoms with E-state index in [1.165, 1.54) is 0 Å². The second-order valence-electron chi connectivity index (χ2n) is 6.85. The van der Waals surface area contributed by atoms with Crippen molar-refractivity contribution < 1.29 is 19.1 Å². The van der Waals surface area contributed by atoms with Gasteiger partial charge in [0.2, 0.25) is 0 Å². The second-order valence-corrected chi connectivity index (χ2v) is 7.69. The first-order valence-electron chi connectivity index (χ1n) is 9.67. The summed E-state index contributed by atoms with van der Waals surface area (Å²) < 4.78 is 10.8. The largest absolute Gasteiger partial charge is 0.492 e. The third-order valence-electron chi connectivity index (χ3n) is 4.33. The molecule has 0 unspecified atom stereocenters. The van der Waals surface area contributed by atoms with Crippen LogP contribution in [0.2, 0.25) is 10.0 Å². The Morgan fingerprint density at radius 1 is 0.935 bits per heavy atom. The fraction of sp³-hybridized carbons (Fsp3) is 0.167. The maximum atomic E-state index is 12.3. The number of esters is 1. The molecule has 0 spiro atoms. The summed E-state index contributed by atoms with van der Waals surface area (Å²) in [7, 11) is 0. The zero-order valence-electron chi connectivity index (χ0n) is 16.9. The molecular formula is C24H21Cl2NO4. The van der Waals surface area contributed by atoms with Gasteiger partial charge in [0.1, 0.15) is 11.5 Å². The van der Waals surface area contributed by atoms with E-state index in [1.807, 2.05) is 31.2 Å². The molecule has 0 radical (unpaired) electrons. The summed E-state index contributed by atoms with van der Waals surface area (Å²) in [5, 5.41) is 3.77. The van der Waals surface area contributed by atoms with Crippen LogP contribution >= 0.6 is 23.2 Å². The third kappa shape index (κ3) is 7.02. The highest BCUT2D eigenvalue weighted by atomic mass is 35.5. The molecule has 0 saturated heterocycles. The van der Waals surface area contributed by atoms with Crippen molar-refractivity contribution in [1.82, 2.24) is 0 Å². The van der Waals surface area contributed by atoms with Crippen molar-refractivity contribution in [1.29, 1.82) is 0 Å². The number of nitrogens with one attached hydrogen (secondary N) is 1. The number of carbonyl (C=O) groups is 2. The Hall–Kier alpha value is -3.02. The highest BCUT2D eigenvalue weighted by Crippen LogP contribution is 2.27. The van der Waals surface area contributed by atoms with E-state index in [2.05, 4.69) is 5.32 Å². The lowest BCUT2D eigenvalue weighted by molar-refractivity contribution is -0.134. The van der Waals surface area contributed by atoms with E-state index in [1.54, 1.807) is 42.5 Å². The van der Waals surface area contributed by atoms with Gasteiger partial charge in [-0.25, -0.2) is 0 Å². The van der Waals surface area contributed by atoms with Crippen molar-refractivity contribution >= 4 is 40.8 Å². The van der Waals surface area contributed by atoms with E-state index in [-0.39, 0.29) is 18.3 Å². The topological polar surface area (TPSA) is 64.6 Å². The minimum Gasteiger partial charge on any atom is -0.492 e. The Balaban J connectivity index is 1.43. The molecule has 1 N–H and O–H groups in total. The van der Waals surface area contributed by atoms with Gasteiger partial charge in [0, 0.05) is 22.7 Å². The monoisotopic (exact) mass is 457 g/mol. The molecular weight excluding hydrogens is 437 g/mol. The lowest BCUT2D eigenvalue weighted by Crippen LogP contribution is -2.12. The molecule has 0 aliphatic carbocycles. The molecule has 3 aromatic carbocycles. The standard InChI is InChI=1S/C24H21Cl2NO4/c1-16-4-9-19(10-5-16)27-24(29)17-6-11-20(12-7-17)31-23(28)3-2-14-30-22-13-8-18(25)15-21(22)26/h4-13,15H,2-3,14H2,1H3,(H,27,29). The summed E-state index contributed by atoms with van der Waals surface area (Å²) in [5.41, 5.74) is 2.30. The third-order valence-corrected chi connectivity index (χ3v) is 4.86. The lowest BCUT2D eigenvalue weighted by atomic mass is 10.2. The van der Waals surface area contributed by atoms with Crippen LogP contribution in [0.4, 0.5) is 5.69 Å². The number of hydrogen-bond acceptors (Lipinski definition) is 4. The quantitative estimate of drug-likeness (QED) is 0.244. The number of benzene rings is 3. The summed E-state index contributed by atoms with van der Waals surface area (Å²) >= 11 is 11.9. The molecule has 3 rings (SSSR count). The zero-order valence-corrected chi connectivity index (χ0v) is 18.4. The van der Waals surface area contributed by atoms with Gasteiger partial charge in [-0.15, -0.1) is 0 Å². The number of anilines is 1. The van der Waals surface area contributed by atoms with Crippen LogP contribution in [0.3, 0.4) is 0 Å². The Bertz CT molecular complexity index is 1050. The van der Waals surface area contributed by atoms with Crippen molar-refractivity contribution in [3.8, 4) is 11.5 Å². The van der Waals surface area contributed by atoms with Gasteiger partial charge < -0.3 is 14.8 Å². The molecule has 0 aliphatic rings. The van der Waals surface area contributed by atoms with Gasteiger partial charge >= 0.3 is 5.97 Å². The molecule has 0 bridgehead atoms. The van der Waals surface area contributed by atoms with Crippen molar-refractivity contribution in [2.75, 3.05) is 11.9 Å². The summed E-state index contributed by atoms with van der Waals surface area (Å²) in [5.74, 6) is 0.264. The van der Waals surface area contributed by atoms with Gasteiger partial charge in [-0.2, -0.15) is 0 Å². The summed E-state index contributed by atoms with van der Waals surface area (Å²) in [6.45, 7) is 2.29. The van der Waals surface area contributed by atoms with Crippen LogP contribution in [0.25, 0.3) is 0 Å². The smallest absolute Gasteiger partial charge is 0.311 e. The predicted octanol–water partition coefficient (Wildman–Crippen LogP) is 6.32. The van der Waals surface area contributed by atoms with Crippen LogP contribution in [0.5, 0.6) is 11.5 Å². The lowest BCUT2D eigenvalue weighted by Gasteiger charge is -2.09. The van der Waals surface area contributed by atoms with E-state index in [4.69, 9.17) is 32.7 Å². The minimum atomic E-state index is -0.386. The highest BCUT2D eigenvalue weighted by Gasteiger charge is 2.09. The van der Waals surface area contributed by atoms with Gasteiger partial charge in [-0.1, -0.05) is 40.9 Å². The number of ether oxygens (including phenoxy) is 2. The van der Waals surface area contributed by atoms with Gasteiger partial charge in [0.15, 0.2) is 0 Å². The molecule has 0 saturated carbocycles. The maximum absolute atomic E-state index is 12.3. The Morgan fingerprint density at radius 3 is 2.32 bits per heavy atom. The Labute approximate surface area is 190 Å². The van der Waals surface area contributed by atoms with E-state index in [0.717, 1.165) is 5.56 Å². The SMILES string of the molecule is Cc1ccc(NC(=O)c2ccc(OC(=O)CCCOc3ccc(Cl)cc3Cl)cc2)cc1. The number of amides is 1. The maximum Gasteiger partial charge on any atom is 0.311 e. The van der Waals surface area contributed by atoms with Crippen LogP contribution in [0, 0.1) is 6.92 Å². The first kappa shape index (κ1) is 22.7. The second kappa shape index (κ2) is 10.8. The highest BCUT2D eigenvalue weighted by molar-refractivity contribution is 6.35. The number of hydrogen-bond donors (Lipinski definition) is 1. The normalized spacial score (nSPS) is 10.4. The molecule has 7 heteroatoms. The molecule has 0 aromatic heterocycles. The number of carbonyl (C=O) groups excluding carboxylic acids is 2. The van der Waals surface area contributed by atoms with Crippen molar-refractivity contribution in [2.24, 2.45) is 0 Å².